The number of nitrogens with zero attached hydrogens (tertiary/aromatic N) is 2. The van der Waals surface area contributed by atoms with Crippen LogP contribution in [-0.4, -0.2) is 21.9 Å². The molecule has 0 radical (unpaired) electrons. The molecule has 3 aromatic rings. The van der Waals surface area contributed by atoms with Crippen LogP contribution in [-0.2, 0) is 0 Å². The maximum absolute atomic E-state index is 5.49. The Balaban J connectivity index is 1.68. The number of hydrogen-bond donors (Lipinski definition) is 3. The number of methoxy groups -OCH3 is 1. The van der Waals surface area contributed by atoms with Crippen LogP contribution in [0.15, 0.2) is 54.6 Å². The third-order valence-corrected chi connectivity index (χ3v) is 4.72. The largest absolute Gasteiger partial charge is 0.495 e. The molecule has 1 aliphatic heterocycles. The Morgan fingerprint density at radius 1 is 1.04 bits per heavy atom. The van der Waals surface area contributed by atoms with Gasteiger partial charge in [-0.1, -0.05) is 42.5 Å². The second-order valence-corrected chi connectivity index (χ2v) is 6.32. The molecule has 3 N–H and O–H groups in total. The average molecular weight is 353 g/mol. The lowest BCUT2D eigenvalue weighted by Crippen LogP contribution is -2.28. The molecule has 2 unspecified atom stereocenters. The van der Waals surface area contributed by atoms with Crippen molar-refractivity contribution in [2.45, 2.75) is 18.5 Å². The lowest BCUT2D eigenvalue weighted by molar-refractivity contribution is 0.411. The monoisotopic (exact) mass is 353 g/mol. The summed E-state index contributed by atoms with van der Waals surface area (Å²) in [7, 11) is 1.66. The Kier molecular flexibility index (Phi) is 4.35. The number of aromatic nitrogens is 3. The molecule has 1 aliphatic rings. The van der Waals surface area contributed by atoms with E-state index in [2.05, 4.69) is 45.3 Å². The zero-order chi connectivity index (χ0) is 17.2. The fraction of sp³-hybridized carbons (Fsp3) is 0.222. The smallest absolute Gasteiger partial charge is 0.200 e. The van der Waals surface area contributed by atoms with Gasteiger partial charge in [0.05, 0.1) is 18.8 Å². The van der Waals surface area contributed by atoms with Crippen LogP contribution in [0, 0.1) is 4.77 Å². The van der Waals surface area contributed by atoms with Crippen molar-refractivity contribution >= 4 is 12.2 Å². The van der Waals surface area contributed by atoms with Gasteiger partial charge >= 0.3 is 0 Å². The van der Waals surface area contributed by atoms with Gasteiger partial charge in [0.15, 0.2) is 10.6 Å². The first-order valence-corrected chi connectivity index (χ1v) is 8.55. The van der Waals surface area contributed by atoms with E-state index in [0.29, 0.717) is 4.77 Å². The lowest BCUT2D eigenvalue weighted by Gasteiger charge is -2.14. The Labute approximate surface area is 150 Å². The summed E-state index contributed by atoms with van der Waals surface area (Å²) in [6.07, 6.45) is 0.874. The highest BCUT2D eigenvalue weighted by atomic mass is 32.1. The molecular weight excluding hydrogens is 334 g/mol. The summed E-state index contributed by atoms with van der Waals surface area (Å²) < 4.78 is 7.96. The van der Waals surface area contributed by atoms with E-state index < -0.39 is 0 Å². The Bertz CT molecular complexity index is 920. The van der Waals surface area contributed by atoms with Crippen molar-refractivity contribution < 1.29 is 4.74 Å². The van der Waals surface area contributed by atoms with Crippen LogP contribution < -0.4 is 15.6 Å². The summed E-state index contributed by atoms with van der Waals surface area (Å²) in [5, 5.41) is 7.38. The normalized spacial score (nSPS) is 19.9. The van der Waals surface area contributed by atoms with Crippen molar-refractivity contribution in [3.8, 4) is 11.4 Å². The summed E-state index contributed by atoms with van der Waals surface area (Å²) in [5.41, 5.74) is 8.82. The first-order chi connectivity index (χ1) is 12.3. The number of para-hydroxylation sites is 2. The molecule has 0 saturated carbocycles. The van der Waals surface area contributed by atoms with Crippen molar-refractivity contribution in [1.29, 1.82) is 0 Å². The Morgan fingerprint density at radius 3 is 2.56 bits per heavy atom. The fourth-order valence-corrected chi connectivity index (χ4v) is 3.46. The summed E-state index contributed by atoms with van der Waals surface area (Å²) in [5.74, 6) is 1.59. The second kappa shape index (κ2) is 6.79. The third kappa shape index (κ3) is 2.97. The van der Waals surface area contributed by atoms with E-state index in [-0.39, 0.29) is 12.1 Å². The molecule has 2 atom stereocenters. The van der Waals surface area contributed by atoms with Gasteiger partial charge in [0.25, 0.3) is 0 Å². The molecule has 0 amide bonds. The molecular formula is C18H19N5OS. The van der Waals surface area contributed by atoms with Crippen molar-refractivity contribution in [2.24, 2.45) is 0 Å². The van der Waals surface area contributed by atoms with Crippen LogP contribution in [0.25, 0.3) is 5.69 Å². The standard InChI is InChI=1S/C18H19N5OS/c1-24-16-10-6-5-9-15(16)23-17(21-22-18(23)25)14-11-13(19-20-14)12-7-3-2-4-8-12/h2-10,13-14,19-20H,11H2,1H3,(H,22,25). The van der Waals surface area contributed by atoms with Crippen LogP contribution in [0.2, 0.25) is 0 Å². The third-order valence-electron chi connectivity index (χ3n) is 4.44. The number of benzene rings is 2. The molecule has 4 rings (SSSR count). The topological polar surface area (TPSA) is 66.9 Å². The fourth-order valence-electron chi connectivity index (χ4n) is 3.22. The molecule has 7 heteroatoms. The summed E-state index contributed by atoms with van der Waals surface area (Å²) in [6, 6.07) is 18.4. The predicted molar refractivity (Wildman–Crippen MR) is 98.1 cm³/mol. The summed E-state index contributed by atoms with van der Waals surface area (Å²) in [6.45, 7) is 0. The highest BCUT2D eigenvalue weighted by molar-refractivity contribution is 7.71. The van der Waals surface area contributed by atoms with E-state index >= 15 is 0 Å². The van der Waals surface area contributed by atoms with Crippen LogP contribution in [0.5, 0.6) is 5.75 Å². The van der Waals surface area contributed by atoms with E-state index in [4.69, 9.17) is 17.0 Å². The van der Waals surface area contributed by atoms with Crippen LogP contribution in [0.4, 0.5) is 0 Å². The van der Waals surface area contributed by atoms with Crippen LogP contribution >= 0.6 is 12.2 Å². The van der Waals surface area contributed by atoms with Gasteiger partial charge in [-0.2, -0.15) is 5.10 Å². The molecule has 1 saturated heterocycles. The molecule has 2 aromatic carbocycles. The number of rotatable bonds is 4. The number of hydrazine groups is 1. The van der Waals surface area contributed by atoms with Crippen molar-refractivity contribution in [3.63, 3.8) is 0 Å². The van der Waals surface area contributed by atoms with Crippen molar-refractivity contribution in [1.82, 2.24) is 25.6 Å². The minimum atomic E-state index is 0.0306. The van der Waals surface area contributed by atoms with Crippen molar-refractivity contribution in [3.05, 3.63) is 70.8 Å². The molecule has 0 spiro atoms. The van der Waals surface area contributed by atoms with Gasteiger partial charge < -0.3 is 4.74 Å². The van der Waals surface area contributed by atoms with E-state index in [1.165, 1.54) is 5.56 Å². The Hall–Kier alpha value is -2.48. The van der Waals surface area contributed by atoms with Gasteiger partial charge in [0.1, 0.15) is 5.75 Å². The summed E-state index contributed by atoms with van der Waals surface area (Å²) in [4.78, 5) is 0. The van der Waals surface area contributed by atoms with E-state index in [1.807, 2.05) is 34.9 Å². The molecule has 6 nitrogen and oxygen atoms in total. The van der Waals surface area contributed by atoms with Crippen LogP contribution in [0.3, 0.4) is 0 Å². The summed E-state index contributed by atoms with van der Waals surface area (Å²) >= 11 is 5.46. The molecule has 128 valence electrons. The quantitative estimate of drug-likeness (QED) is 0.629. The number of hydrogen-bond acceptors (Lipinski definition) is 5. The first-order valence-electron chi connectivity index (χ1n) is 8.14. The number of H-pyrrole nitrogens is 1. The Morgan fingerprint density at radius 2 is 1.76 bits per heavy atom. The number of nitrogens with one attached hydrogen (secondary N) is 3. The van der Waals surface area contributed by atoms with Gasteiger partial charge in [0.2, 0.25) is 0 Å². The van der Waals surface area contributed by atoms with Gasteiger partial charge in [-0.3, -0.25) is 9.67 Å². The molecule has 1 aromatic heterocycles. The zero-order valence-electron chi connectivity index (χ0n) is 13.8. The molecule has 25 heavy (non-hydrogen) atoms. The van der Waals surface area contributed by atoms with Crippen molar-refractivity contribution in [2.75, 3.05) is 7.11 Å². The molecule has 1 fully saturated rings. The number of ether oxygens (including phenoxy) is 1. The highest BCUT2D eigenvalue weighted by Gasteiger charge is 2.30. The predicted octanol–water partition coefficient (Wildman–Crippen LogP) is 3.22. The van der Waals surface area contributed by atoms with Gasteiger partial charge in [-0.15, -0.1) is 0 Å². The zero-order valence-corrected chi connectivity index (χ0v) is 14.6. The van der Waals surface area contributed by atoms with Gasteiger partial charge in [-0.05, 0) is 36.3 Å². The van der Waals surface area contributed by atoms with Gasteiger partial charge in [0, 0.05) is 6.04 Å². The second-order valence-electron chi connectivity index (χ2n) is 5.93. The lowest BCUT2D eigenvalue weighted by atomic mass is 10.0. The maximum atomic E-state index is 5.49. The van der Waals surface area contributed by atoms with E-state index in [1.54, 1.807) is 7.11 Å². The SMILES string of the molecule is COc1ccccc1-n1c(C2CC(c3ccccc3)NN2)n[nH]c1=S. The van der Waals surface area contributed by atoms with Crippen LogP contribution in [0.1, 0.15) is 29.9 Å². The molecule has 2 heterocycles. The molecule has 0 bridgehead atoms. The van der Waals surface area contributed by atoms with E-state index in [9.17, 15) is 0 Å². The number of aromatic amines is 1. The minimum Gasteiger partial charge on any atom is -0.495 e. The van der Waals surface area contributed by atoms with Gasteiger partial charge in [-0.25, -0.2) is 10.9 Å². The highest BCUT2D eigenvalue weighted by Crippen LogP contribution is 2.32. The van der Waals surface area contributed by atoms with E-state index in [0.717, 1.165) is 23.7 Å². The first kappa shape index (κ1) is 16.0. The average Bonchev–Trinajstić information content (AvgIpc) is 3.29. The maximum Gasteiger partial charge on any atom is 0.200 e. The minimum absolute atomic E-state index is 0.0306. The molecule has 0 aliphatic carbocycles.